The Balaban J connectivity index is 1.47. The van der Waals surface area contributed by atoms with E-state index in [2.05, 4.69) is 15.5 Å². The van der Waals surface area contributed by atoms with Gasteiger partial charge in [-0.15, -0.1) is 0 Å². The molecule has 1 aliphatic heterocycles. The molecule has 0 unspecified atom stereocenters. The molecule has 1 aromatic heterocycles. The quantitative estimate of drug-likeness (QED) is 0.904. The number of cyclic esters (lactones) is 1. The van der Waals surface area contributed by atoms with Crippen molar-refractivity contribution in [2.45, 2.75) is 25.7 Å². The molecule has 2 aromatic rings. The molecule has 1 saturated carbocycles. The Hall–Kier alpha value is -2.83. The number of rotatable bonds is 4. The monoisotopic (exact) mass is 326 g/mol. The lowest BCUT2D eigenvalue weighted by Gasteiger charge is -2.12. The summed E-state index contributed by atoms with van der Waals surface area (Å²) in [5.74, 6) is 0.916. The first-order valence-electron chi connectivity index (χ1n) is 8.04. The summed E-state index contributed by atoms with van der Waals surface area (Å²) in [6.45, 7) is 2.89. The van der Waals surface area contributed by atoms with E-state index in [1.807, 2.05) is 6.92 Å². The number of amides is 2. The Morgan fingerprint density at radius 2 is 2.08 bits per heavy atom. The van der Waals surface area contributed by atoms with E-state index in [9.17, 15) is 9.59 Å². The number of hydrogen-bond acceptors (Lipinski definition) is 4. The number of ether oxygens (including phenoxy) is 1. The third-order valence-corrected chi connectivity index (χ3v) is 4.47. The highest BCUT2D eigenvalue weighted by molar-refractivity contribution is 6.04. The summed E-state index contributed by atoms with van der Waals surface area (Å²) in [5.41, 5.74) is 3.36. The molecule has 2 heterocycles. The van der Waals surface area contributed by atoms with E-state index in [1.54, 1.807) is 29.2 Å². The van der Waals surface area contributed by atoms with E-state index in [0.717, 1.165) is 16.9 Å². The zero-order chi connectivity index (χ0) is 16.7. The van der Waals surface area contributed by atoms with Crippen LogP contribution in [0.1, 0.15) is 40.4 Å². The van der Waals surface area contributed by atoms with E-state index >= 15 is 0 Å². The number of carbonyl (C=O) groups is 2. The van der Waals surface area contributed by atoms with E-state index < -0.39 is 0 Å². The van der Waals surface area contributed by atoms with Crippen LogP contribution in [-0.4, -0.2) is 35.3 Å². The van der Waals surface area contributed by atoms with Crippen molar-refractivity contribution in [2.24, 2.45) is 0 Å². The van der Waals surface area contributed by atoms with Crippen molar-refractivity contribution in [3.63, 3.8) is 0 Å². The average Bonchev–Trinajstić information content (AvgIpc) is 3.24. The lowest BCUT2D eigenvalue weighted by molar-refractivity contribution is 0.102. The Morgan fingerprint density at radius 1 is 1.33 bits per heavy atom. The van der Waals surface area contributed by atoms with Gasteiger partial charge in [-0.2, -0.15) is 5.10 Å². The van der Waals surface area contributed by atoms with E-state index in [1.165, 1.54) is 12.8 Å². The number of H-pyrrole nitrogens is 1. The molecule has 1 saturated heterocycles. The third-order valence-electron chi connectivity index (χ3n) is 4.47. The predicted octanol–water partition coefficient (Wildman–Crippen LogP) is 2.80. The van der Waals surface area contributed by atoms with Crippen LogP contribution in [0.3, 0.4) is 0 Å². The van der Waals surface area contributed by atoms with Crippen molar-refractivity contribution >= 4 is 23.5 Å². The van der Waals surface area contributed by atoms with Gasteiger partial charge >= 0.3 is 6.09 Å². The number of anilines is 2. The molecule has 7 nitrogen and oxygen atoms in total. The van der Waals surface area contributed by atoms with Crippen molar-refractivity contribution in [3.8, 4) is 0 Å². The standard InChI is InChI=1S/C17H18N4O3/c1-10-14(11-2-3-11)19-20-15(10)18-16(22)12-4-6-13(7-5-12)21-8-9-24-17(21)23/h4-7,11H,2-3,8-9H2,1H3,(H2,18,19,20,22). The molecule has 1 aromatic carbocycles. The van der Waals surface area contributed by atoms with Gasteiger partial charge in [0.15, 0.2) is 5.82 Å². The second-order valence-corrected chi connectivity index (χ2v) is 6.15. The summed E-state index contributed by atoms with van der Waals surface area (Å²) in [6.07, 6.45) is 2.00. The second-order valence-electron chi connectivity index (χ2n) is 6.15. The number of carbonyl (C=O) groups excluding carboxylic acids is 2. The minimum atomic E-state index is -0.355. The second kappa shape index (κ2) is 5.67. The van der Waals surface area contributed by atoms with Crippen molar-refractivity contribution in [1.82, 2.24) is 10.2 Å². The summed E-state index contributed by atoms with van der Waals surface area (Å²) in [7, 11) is 0. The van der Waals surface area contributed by atoms with Crippen molar-refractivity contribution in [2.75, 3.05) is 23.4 Å². The highest BCUT2D eigenvalue weighted by Crippen LogP contribution is 2.41. The Bertz CT molecular complexity index is 793. The highest BCUT2D eigenvalue weighted by atomic mass is 16.6. The zero-order valence-corrected chi connectivity index (χ0v) is 13.3. The molecule has 4 rings (SSSR count). The molecule has 124 valence electrons. The van der Waals surface area contributed by atoms with E-state index in [0.29, 0.717) is 30.5 Å². The first kappa shape index (κ1) is 14.7. The molecule has 24 heavy (non-hydrogen) atoms. The summed E-state index contributed by atoms with van der Waals surface area (Å²) >= 11 is 0. The summed E-state index contributed by atoms with van der Waals surface area (Å²) in [4.78, 5) is 25.5. The predicted molar refractivity (Wildman–Crippen MR) is 88.4 cm³/mol. The highest BCUT2D eigenvalue weighted by Gasteiger charge is 2.28. The van der Waals surface area contributed by atoms with Gasteiger partial charge in [0, 0.05) is 28.4 Å². The van der Waals surface area contributed by atoms with Gasteiger partial charge in [0.1, 0.15) is 6.61 Å². The van der Waals surface area contributed by atoms with Crippen LogP contribution in [0.5, 0.6) is 0 Å². The van der Waals surface area contributed by atoms with Gasteiger partial charge in [0.05, 0.1) is 6.54 Å². The van der Waals surface area contributed by atoms with Gasteiger partial charge < -0.3 is 10.1 Å². The molecule has 0 atom stereocenters. The van der Waals surface area contributed by atoms with Crippen LogP contribution >= 0.6 is 0 Å². The Kier molecular flexibility index (Phi) is 3.48. The molecule has 0 spiro atoms. The molecule has 7 heteroatoms. The topological polar surface area (TPSA) is 87.3 Å². The summed E-state index contributed by atoms with van der Waals surface area (Å²) in [5, 5.41) is 10.1. The maximum Gasteiger partial charge on any atom is 0.414 e. The molecule has 2 amide bonds. The van der Waals surface area contributed by atoms with Crippen LogP contribution in [0.15, 0.2) is 24.3 Å². The summed E-state index contributed by atoms with van der Waals surface area (Å²) in [6, 6.07) is 6.88. The first-order chi connectivity index (χ1) is 11.6. The normalized spacial score (nSPS) is 17.0. The van der Waals surface area contributed by atoms with E-state index in [-0.39, 0.29) is 12.0 Å². The molecule has 0 radical (unpaired) electrons. The minimum absolute atomic E-state index is 0.220. The Labute approximate surface area is 139 Å². The van der Waals surface area contributed by atoms with Crippen LogP contribution in [0, 0.1) is 6.92 Å². The lowest BCUT2D eigenvalue weighted by atomic mass is 10.1. The zero-order valence-electron chi connectivity index (χ0n) is 13.3. The number of hydrogen-bond donors (Lipinski definition) is 2. The molecule has 0 bridgehead atoms. The van der Waals surface area contributed by atoms with Gasteiger partial charge in [-0.25, -0.2) is 4.79 Å². The van der Waals surface area contributed by atoms with Crippen molar-refractivity contribution < 1.29 is 14.3 Å². The van der Waals surface area contributed by atoms with Crippen LogP contribution < -0.4 is 10.2 Å². The Morgan fingerprint density at radius 3 is 2.71 bits per heavy atom. The SMILES string of the molecule is Cc1c(NC(=O)c2ccc(N3CCOC3=O)cc2)n[nH]c1C1CC1. The molecular weight excluding hydrogens is 308 g/mol. The average molecular weight is 326 g/mol. The third kappa shape index (κ3) is 2.62. The maximum absolute atomic E-state index is 12.4. The fourth-order valence-electron chi connectivity index (χ4n) is 2.90. The first-order valence-corrected chi connectivity index (χ1v) is 8.04. The van der Waals surface area contributed by atoms with Crippen LogP contribution in [0.2, 0.25) is 0 Å². The number of aromatic nitrogens is 2. The number of benzene rings is 1. The van der Waals surface area contributed by atoms with Crippen LogP contribution in [0.25, 0.3) is 0 Å². The molecule has 2 N–H and O–H groups in total. The maximum atomic E-state index is 12.4. The molecule has 1 aliphatic carbocycles. The van der Waals surface area contributed by atoms with Crippen LogP contribution in [-0.2, 0) is 4.74 Å². The molecule has 2 fully saturated rings. The van der Waals surface area contributed by atoms with Gasteiger partial charge in [-0.3, -0.25) is 14.8 Å². The summed E-state index contributed by atoms with van der Waals surface area (Å²) < 4.78 is 4.91. The fraction of sp³-hybridized carbons (Fsp3) is 0.353. The van der Waals surface area contributed by atoms with Gasteiger partial charge in [0.25, 0.3) is 5.91 Å². The van der Waals surface area contributed by atoms with E-state index in [4.69, 9.17) is 4.74 Å². The largest absolute Gasteiger partial charge is 0.447 e. The smallest absolute Gasteiger partial charge is 0.414 e. The molecular formula is C17H18N4O3. The minimum Gasteiger partial charge on any atom is -0.447 e. The van der Waals surface area contributed by atoms with Gasteiger partial charge in [0.2, 0.25) is 0 Å². The van der Waals surface area contributed by atoms with Crippen LogP contribution in [0.4, 0.5) is 16.3 Å². The number of nitrogens with one attached hydrogen (secondary N) is 2. The fourth-order valence-corrected chi connectivity index (χ4v) is 2.90. The number of nitrogens with zero attached hydrogens (tertiary/aromatic N) is 2. The van der Waals surface area contributed by atoms with Gasteiger partial charge in [-0.05, 0) is 44.0 Å². The van der Waals surface area contributed by atoms with Gasteiger partial charge in [-0.1, -0.05) is 0 Å². The van der Waals surface area contributed by atoms with Crippen molar-refractivity contribution in [1.29, 1.82) is 0 Å². The number of aromatic amines is 1. The lowest BCUT2D eigenvalue weighted by Crippen LogP contribution is -2.23. The molecule has 2 aliphatic rings. The van der Waals surface area contributed by atoms with Crippen molar-refractivity contribution in [3.05, 3.63) is 41.1 Å².